The fraction of sp³-hybridized carbons (Fsp3) is 0.500. The van der Waals surface area contributed by atoms with Gasteiger partial charge in [0.05, 0.1) is 0 Å². The van der Waals surface area contributed by atoms with Crippen molar-refractivity contribution in [2.75, 3.05) is 0 Å². The van der Waals surface area contributed by atoms with Crippen molar-refractivity contribution < 1.29 is 9.90 Å². The molecule has 1 unspecified atom stereocenters. The molecule has 3 nitrogen and oxygen atoms in total. The van der Waals surface area contributed by atoms with E-state index in [2.05, 4.69) is 11.4 Å². The van der Waals surface area contributed by atoms with Gasteiger partial charge in [-0.3, -0.25) is 10.1 Å². The summed E-state index contributed by atoms with van der Waals surface area (Å²) in [5, 5.41) is 12.5. The number of benzene rings is 1. The summed E-state index contributed by atoms with van der Waals surface area (Å²) in [5.74, 6) is -0.228. The molecule has 2 N–H and O–H groups in total. The van der Waals surface area contributed by atoms with E-state index in [1.165, 1.54) is 18.4 Å². The standard InChI is InChI=1S/C14H19NO2/c1-9(2)15-13(14(16)17)12-6-4-3-5-11(12)10-7-8-10/h3-6,9-10,13,15H,7-8H2,1-2H3,(H,16,17). The van der Waals surface area contributed by atoms with Gasteiger partial charge in [0.2, 0.25) is 0 Å². The summed E-state index contributed by atoms with van der Waals surface area (Å²) in [6, 6.07) is 7.47. The third-order valence-corrected chi connectivity index (χ3v) is 3.07. The molecule has 1 atom stereocenters. The fourth-order valence-corrected chi connectivity index (χ4v) is 2.17. The minimum atomic E-state index is -0.799. The Morgan fingerprint density at radius 1 is 1.35 bits per heavy atom. The summed E-state index contributed by atoms with van der Waals surface area (Å²) in [4.78, 5) is 11.4. The Kier molecular flexibility index (Phi) is 3.48. The van der Waals surface area contributed by atoms with E-state index in [9.17, 15) is 9.90 Å². The van der Waals surface area contributed by atoms with Crippen molar-refractivity contribution in [2.24, 2.45) is 0 Å². The molecule has 0 saturated heterocycles. The SMILES string of the molecule is CC(C)NC(C(=O)O)c1ccccc1C1CC1. The number of rotatable bonds is 5. The van der Waals surface area contributed by atoms with Crippen molar-refractivity contribution >= 4 is 5.97 Å². The van der Waals surface area contributed by atoms with Crippen LogP contribution in [0.5, 0.6) is 0 Å². The van der Waals surface area contributed by atoms with Gasteiger partial charge in [-0.05, 0) is 43.7 Å². The molecular weight excluding hydrogens is 214 g/mol. The lowest BCUT2D eigenvalue weighted by molar-refractivity contribution is -0.139. The van der Waals surface area contributed by atoms with E-state index in [1.54, 1.807) is 0 Å². The van der Waals surface area contributed by atoms with Gasteiger partial charge >= 0.3 is 5.97 Å². The molecule has 1 aliphatic rings. The van der Waals surface area contributed by atoms with Crippen molar-refractivity contribution in [2.45, 2.75) is 44.7 Å². The maximum atomic E-state index is 11.4. The molecule has 1 saturated carbocycles. The van der Waals surface area contributed by atoms with Crippen molar-refractivity contribution in [3.8, 4) is 0 Å². The summed E-state index contributed by atoms with van der Waals surface area (Å²) in [6.45, 7) is 3.94. The molecule has 2 rings (SSSR count). The lowest BCUT2D eigenvalue weighted by atomic mass is 9.96. The molecule has 0 bridgehead atoms. The molecule has 1 aliphatic carbocycles. The van der Waals surface area contributed by atoms with Crippen molar-refractivity contribution in [3.63, 3.8) is 0 Å². The lowest BCUT2D eigenvalue weighted by Crippen LogP contribution is -2.34. The Morgan fingerprint density at radius 2 is 2.00 bits per heavy atom. The van der Waals surface area contributed by atoms with Crippen LogP contribution in [0.1, 0.15) is 49.8 Å². The topological polar surface area (TPSA) is 49.3 Å². The first kappa shape index (κ1) is 12.1. The van der Waals surface area contributed by atoms with Crippen LogP contribution in [0.2, 0.25) is 0 Å². The van der Waals surface area contributed by atoms with Crippen LogP contribution in [0.25, 0.3) is 0 Å². The van der Waals surface area contributed by atoms with Crippen LogP contribution >= 0.6 is 0 Å². The van der Waals surface area contributed by atoms with Crippen LogP contribution in [0.3, 0.4) is 0 Å². The molecular formula is C14H19NO2. The third-order valence-electron chi connectivity index (χ3n) is 3.07. The second-order valence-electron chi connectivity index (χ2n) is 5.00. The average Bonchev–Trinajstić information content (AvgIpc) is 3.09. The quantitative estimate of drug-likeness (QED) is 0.822. The molecule has 0 spiro atoms. The molecule has 1 fully saturated rings. The van der Waals surface area contributed by atoms with Crippen LogP contribution in [-0.4, -0.2) is 17.1 Å². The zero-order valence-corrected chi connectivity index (χ0v) is 10.3. The van der Waals surface area contributed by atoms with Gasteiger partial charge in [0.25, 0.3) is 0 Å². The minimum absolute atomic E-state index is 0.156. The summed E-state index contributed by atoms with van der Waals surface area (Å²) in [7, 11) is 0. The molecule has 92 valence electrons. The highest BCUT2D eigenvalue weighted by atomic mass is 16.4. The first-order valence-corrected chi connectivity index (χ1v) is 6.17. The molecule has 1 aromatic rings. The van der Waals surface area contributed by atoms with Crippen LogP contribution in [0.15, 0.2) is 24.3 Å². The average molecular weight is 233 g/mol. The number of carboxylic acids is 1. The van der Waals surface area contributed by atoms with Gasteiger partial charge in [-0.15, -0.1) is 0 Å². The number of hydrogen-bond donors (Lipinski definition) is 2. The van der Waals surface area contributed by atoms with E-state index in [0.717, 1.165) is 5.56 Å². The van der Waals surface area contributed by atoms with Crippen molar-refractivity contribution in [1.82, 2.24) is 5.32 Å². The molecule has 0 aliphatic heterocycles. The van der Waals surface area contributed by atoms with E-state index in [1.807, 2.05) is 32.0 Å². The van der Waals surface area contributed by atoms with E-state index in [4.69, 9.17) is 0 Å². The second-order valence-corrected chi connectivity index (χ2v) is 5.00. The normalized spacial score (nSPS) is 17.1. The Balaban J connectivity index is 2.31. The van der Waals surface area contributed by atoms with Gasteiger partial charge in [-0.2, -0.15) is 0 Å². The smallest absolute Gasteiger partial charge is 0.325 e. The molecule has 0 radical (unpaired) electrons. The molecule has 0 amide bonds. The summed E-state index contributed by atoms with van der Waals surface area (Å²) in [6.07, 6.45) is 2.37. The highest BCUT2D eigenvalue weighted by Gasteiger charge is 2.30. The Labute approximate surface area is 102 Å². The van der Waals surface area contributed by atoms with Gasteiger partial charge in [0, 0.05) is 6.04 Å². The molecule has 0 aromatic heterocycles. The van der Waals surface area contributed by atoms with Crippen LogP contribution in [-0.2, 0) is 4.79 Å². The van der Waals surface area contributed by atoms with Crippen molar-refractivity contribution in [3.05, 3.63) is 35.4 Å². The van der Waals surface area contributed by atoms with Crippen LogP contribution < -0.4 is 5.32 Å². The molecule has 17 heavy (non-hydrogen) atoms. The van der Waals surface area contributed by atoms with E-state index in [-0.39, 0.29) is 6.04 Å². The largest absolute Gasteiger partial charge is 0.480 e. The third kappa shape index (κ3) is 2.86. The zero-order valence-electron chi connectivity index (χ0n) is 10.3. The molecule has 1 aromatic carbocycles. The number of aliphatic carboxylic acids is 1. The number of hydrogen-bond acceptors (Lipinski definition) is 2. The van der Waals surface area contributed by atoms with E-state index < -0.39 is 12.0 Å². The lowest BCUT2D eigenvalue weighted by Gasteiger charge is -2.20. The highest BCUT2D eigenvalue weighted by Crippen LogP contribution is 2.42. The van der Waals surface area contributed by atoms with Gasteiger partial charge in [-0.25, -0.2) is 0 Å². The fourth-order valence-electron chi connectivity index (χ4n) is 2.17. The summed E-state index contributed by atoms with van der Waals surface area (Å²) >= 11 is 0. The number of carbonyl (C=O) groups is 1. The van der Waals surface area contributed by atoms with E-state index >= 15 is 0 Å². The van der Waals surface area contributed by atoms with Gasteiger partial charge < -0.3 is 5.11 Å². The van der Waals surface area contributed by atoms with Crippen molar-refractivity contribution in [1.29, 1.82) is 0 Å². The monoisotopic (exact) mass is 233 g/mol. The maximum Gasteiger partial charge on any atom is 0.325 e. The Hall–Kier alpha value is -1.35. The predicted octanol–water partition coefficient (Wildman–Crippen LogP) is 2.69. The Bertz CT molecular complexity index is 410. The van der Waals surface area contributed by atoms with Crippen LogP contribution in [0, 0.1) is 0 Å². The van der Waals surface area contributed by atoms with Gasteiger partial charge in [0.1, 0.15) is 6.04 Å². The predicted molar refractivity (Wildman–Crippen MR) is 67.1 cm³/mol. The highest BCUT2D eigenvalue weighted by molar-refractivity contribution is 5.76. The van der Waals surface area contributed by atoms with Gasteiger partial charge in [-0.1, -0.05) is 24.3 Å². The van der Waals surface area contributed by atoms with Gasteiger partial charge in [0.15, 0.2) is 0 Å². The minimum Gasteiger partial charge on any atom is -0.480 e. The molecule has 0 heterocycles. The number of carboxylic acid groups (broad SMARTS) is 1. The first-order valence-electron chi connectivity index (χ1n) is 6.17. The second kappa shape index (κ2) is 4.88. The number of nitrogens with one attached hydrogen (secondary N) is 1. The summed E-state index contributed by atoms with van der Waals surface area (Å²) < 4.78 is 0. The maximum absolute atomic E-state index is 11.4. The summed E-state index contributed by atoms with van der Waals surface area (Å²) in [5.41, 5.74) is 2.13. The first-order chi connectivity index (χ1) is 8.09. The van der Waals surface area contributed by atoms with E-state index in [0.29, 0.717) is 5.92 Å². The zero-order chi connectivity index (χ0) is 12.4. The molecule has 3 heteroatoms. The Morgan fingerprint density at radius 3 is 2.53 bits per heavy atom. The van der Waals surface area contributed by atoms with Crippen LogP contribution in [0.4, 0.5) is 0 Å².